The van der Waals surface area contributed by atoms with E-state index in [4.69, 9.17) is 11.6 Å². The molecule has 3 aromatic carbocycles. The van der Waals surface area contributed by atoms with Crippen LogP contribution in [0.4, 0.5) is 0 Å². The molecule has 0 N–H and O–H groups in total. The van der Waals surface area contributed by atoms with Crippen molar-refractivity contribution in [3.63, 3.8) is 0 Å². The van der Waals surface area contributed by atoms with Crippen LogP contribution in [-0.4, -0.2) is 0 Å². The molecule has 3 aromatic rings. The van der Waals surface area contributed by atoms with Crippen molar-refractivity contribution in [1.82, 2.24) is 0 Å². The first-order valence-corrected chi connectivity index (χ1v) is 9.66. The monoisotopic (exact) mass is 358 g/mol. The zero-order valence-electron chi connectivity index (χ0n) is 15.4. The minimum absolute atomic E-state index is 0.803. The zero-order chi connectivity index (χ0) is 18.1. The first kappa shape index (κ1) is 17.1. The molecule has 0 aromatic heterocycles. The molecular formula is C25H23Cl. The first-order valence-electron chi connectivity index (χ1n) is 9.28. The third-order valence-electron chi connectivity index (χ3n) is 5.32. The minimum atomic E-state index is 0.803. The van der Waals surface area contributed by atoms with E-state index in [0.29, 0.717) is 0 Å². The second kappa shape index (κ2) is 7.13. The normalized spacial score (nSPS) is 14.1. The number of allylic oxidation sites excluding steroid dienone is 1. The lowest BCUT2D eigenvalue weighted by molar-refractivity contribution is 0.860. The summed E-state index contributed by atoms with van der Waals surface area (Å²) in [4.78, 5) is 0. The van der Waals surface area contributed by atoms with Crippen molar-refractivity contribution in [3.8, 4) is 0 Å². The van der Waals surface area contributed by atoms with Crippen LogP contribution < -0.4 is 0 Å². The maximum Gasteiger partial charge on any atom is 0.0409 e. The van der Waals surface area contributed by atoms with Gasteiger partial charge in [0.25, 0.3) is 0 Å². The SMILES string of the molecule is Cc1ccc(C2=C(c3ccc(Cl)cc3C)CCCc3ccccc32)cc1. The summed E-state index contributed by atoms with van der Waals surface area (Å²) in [6, 6.07) is 24.1. The molecule has 26 heavy (non-hydrogen) atoms. The number of halogens is 1. The quantitative estimate of drug-likeness (QED) is 0.452. The van der Waals surface area contributed by atoms with Crippen molar-refractivity contribution in [2.24, 2.45) is 0 Å². The molecule has 1 aliphatic rings. The summed E-state index contributed by atoms with van der Waals surface area (Å²) in [7, 11) is 0. The average molecular weight is 359 g/mol. The highest BCUT2D eigenvalue weighted by molar-refractivity contribution is 6.30. The number of rotatable bonds is 2. The van der Waals surface area contributed by atoms with Gasteiger partial charge in [0, 0.05) is 5.02 Å². The van der Waals surface area contributed by atoms with Crippen LogP contribution in [0.5, 0.6) is 0 Å². The standard InChI is InChI=1S/C25H23Cl/c1-17-10-12-20(13-11-17)25-23-8-4-3-6-19(23)7-5-9-24(25)22-15-14-21(26)16-18(22)2/h3-4,6,8,10-16H,5,7,9H2,1-2H3. The molecule has 4 rings (SSSR count). The fraction of sp³-hybridized carbons (Fsp3) is 0.200. The third kappa shape index (κ3) is 3.22. The molecule has 0 atom stereocenters. The summed E-state index contributed by atoms with van der Waals surface area (Å²) in [6.07, 6.45) is 3.38. The maximum atomic E-state index is 6.22. The Morgan fingerprint density at radius 3 is 2.31 bits per heavy atom. The third-order valence-corrected chi connectivity index (χ3v) is 5.55. The van der Waals surface area contributed by atoms with Crippen molar-refractivity contribution in [1.29, 1.82) is 0 Å². The Morgan fingerprint density at radius 2 is 1.54 bits per heavy atom. The maximum absolute atomic E-state index is 6.22. The van der Waals surface area contributed by atoms with Gasteiger partial charge in [-0.05, 0) is 84.2 Å². The lowest BCUT2D eigenvalue weighted by Gasteiger charge is -2.18. The highest BCUT2D eigenvalue weighted by Crippen LogP contribution is 2.40. The van der Waals surface area contributed by atoms with Gasteiger partial charge in [-0.25, -0.2) is 0 Å². The van der Waals surface area contributed by atoms with Gasteiger partial charge in [0.05, 0.1) is 0 Å². The molecule has 0 nitrogen and oxygen atoms in total. The van der Waals surface area contributed by atoms with Crippen molar-refractivity contribution in [3.05, 3.63) is 105 Å². The Hall–Kier alpha value is -2.31. The van der Waals surface area contributed by atoms with Crippen molar-refractivity contribution in [2.75, 3.05) is 0 Å². The highest BCUT2D eigenvalue weighted by Gasteiger charge is 2.20. The van der Waals surface area contributed by atoms with Crippen LogP contribution in [0, 0.1) is 13.8 Å². The summed E-state index contributed by atoms with van der Waals surface area (Å²) >= 11 is 6.22. The van der Waals surface area contributed by atoms with Crippen LogP contribution in [0.15, 0.2) is 66.7 Å². The second-order valence-corrected chi connectivity index (χ2v) is 7.63. The smallest absolute Gasteiger partial charge is 0.0409 e. The van der Waals surface area contributed by atoms with E-state index in [1.807, 2.05) is 6.07 Å². The van der Waals surface area contributed by atoms with Crippen molar-refractivity contribution >= 4 is 22.7 Å². The molecule has 0 aliphatic heterocycles. The van der Waals surface area contributed by atoms with E-state index in [1.165, 1.54) is 50.9 Å². The van der Waals surface area contributed by atoms with Crippen LogP contribution in [0.2, 0.25) is 5.02 Å². The number of aryl methyl sites for hydroxylation is 3. The van der Waals surface area contributed by atoms with Gasteiger partial charge < -0.3 is 0 Å². The van der Waals surface area contributed by atoms with Gasteiger partial charge in [-0.3, -0.25) is 0 Å². The Bertz CT molecular complexity index is 977. The average Bonchev–Trinajstić information content (AvgIpc) is 2.82. The Labute approximate surface area is 161 Å². The van der Waals surface area contributed by atoms with E-state index in [0.717, 1.165) is 17.9 Å². The molecule has 130 valence electrons. The fourth-order valence-corrected chi connectivity index (χ4v) is 4.24. The van der Waals surface area contributed by atoms with Crippen LogP contribution in [-0.2, 0) is 6.42 Å². The van der Waals surface area contributed by atoms with Gasteiger partial charge >= 0.3 is 0 Å². The summed E-state index contributed by atoms with van der Waals surface area (Å²) in [5.74, 6) is 0. The van der Waals surface area contributed by atoms with E-state index in [1.54, 1.807) is 0 Å². The predicted octanol–water partition coefficient (Wildman–Crippen LogP) is 7.25. The van der Waals surface area contributed by atoms with E-state index in [2.05, 4.69) is 74.5 Å². The summed E-state index contributed by atoms with van der Waals surface area (Å²) in [5, 5.41) is 0.803. The largest absolute Gasteiger partial charge is 0.0843 e. The van der Waals surface area contributed by atoms with E-state index < -0.39 is 0 Å². The van der Waals surface area contributed by atoms with Crippen LogP contribution >= 0.6 is 11.6 Å². The molecule has 0 bridgehead atoms. The van der Waals surface area contributed by atoms with Crippen molar-refractivity contribution in [2.45, 2.75) is 33.1 Å². The van der Waals surface area contributed by atoms with E-state index in [9.17, 15) is 0 Å². The molecule has 1 aliphatic carbocycles. The summed E-state index contributed by atoms with van der Waals surface area (Å²) in [5.41, 5.74) is 10.8. The molecule has 0 heterocycles. The van der Waals surface area contributed by atoms with Crippen molar-refractivity contribution < 1.29 is 0 Å². The molecule has 0 spiro atoms. The topological polar surface area (TPSA) is 0 Å². The van der Waals surface area contributed by atoms with E-state index in [-0.39, 0.29) is 0 Å². The first-order chi connectivity index (χ1) is 12.6. The number of fused-ring (bicyclic) bond motifs is 1. The number of hydrogen-bond acceptors (Lipinski definition) is 0. The number of hydrogen-bond donors (Lipinski definition) is 0. The molecule has 0 radical (unpaired) electrons. The Kier molecular flexibility index (Phi) is 4.70. The van der Waals surface area contributed by atoms with Gasteiger partial charge in [0.2, 0.25) is 0 Å². The predicted molar refractivity (Wildman–Crippen MR) is 113 cm³/mol. The molecule has 0 amide bonds. The summed E-state index contributed by atoms with van der Waals surface area (Å²) in [6.45, 7) is 4.31. The van der Waals surface area contributed by atoms with Crippen LogP contribution in [0.3, 0.4) is 0 Å². The lowest BCUT2D eigenvalue weighted by atomic mass is 9.86. The molecule has 1 heteroatoms. The van der Waals surface area contributed by atoms with Gasteiger partial charge in [-0.2, -0.15) is 0 Å². The molecule has 0 fully saturated rings. The molecule has 0 unspecified atom stereocenters. The number of benzene rings is 3. The minimum Gasteiger partial charge on any atom is -0.0843 e. The summed E-state index contributed by atoms with van der Waals surface area (Å²) < 4.78 is 0. The second-order valence-electron chi connectivity index (χ2n) is 7.19. The van der Waals surface area contributed by atoms with Gasteiger partial charge in [-0.15, -0.1) is 0 Å². The molecule has 0 saturated carbocycles. The Balaban J connectivity index is 2.03. The van der Waals surface area contributed by atoms with Gasteiger partial charge in [-0.1, -0.05) is 71.8 Å². The van der Waals surface area contributed by atoms with Crippen LogP contribution in [0.1, 0.15) is 46.2 Å². The Morgan fingerprint density at radius 1 is 0.769 bits per heavy atom. The fourth-order valence-electron chi connectivity index (χ4n) is 4.01. The zero-order valence-corrected chi connectivity index (χ0v) is 16.1. The molecule has 0 saturated heterocycles. The highest BCUT2D eigenvalue weighted by atomic mass is 35.5. The molecular weight excluding hydrogens is 336 g/mol. The van der Waals surface area contributed by atoms with Crippen LogP contribution in [0.25, 0.3) is 11.1 Å². The van der Waals surface area contributed by atoms with Gasteiger partial charge in [0.15, 0.2) is 0 Å². The van der Waals surface area contributed by atoms with E-state index >= 15 is 0 Å². The lowest BCUT2D eigenvalue weighted by Crippen LogP contribution is -1.97. The van der Waals surface area contributed by atoms with Gasteiger partial charge in [0.1, 0.15) is 0 Å².